The lowest BCUT2D eigenvalue weighted by Crippen LogP contribution is -2.00. The van der Waals surface area contributed by atoms with Crippen molar-refractivity contribution in [3.05, 3.63) is 121 Å². The van der Waals surface area contributed by atoms with E-state index < -0.39 is 0 Å². The van der Waals surface area contributed by atoms with Crippen molar-refractivity contribution in [1.29, 1.82) is 0 Å². The maximum Gasteiger partial charge on any atom is 0.153 e. The Bertz CT molecular complexity index is 1690. The molecule has 6 aromatic heterocycles. The van der Waals surface area contributed by atoms with E-state index >= 15 is 0 Å². The number of nitrogens with zero attached hydrogens (tertiary/aromatic N) is 6. The molecule has 0 fully saturated rings. The predicted octanol–water partition coefficient (Wildman–Crippen LogP) is 4.95. The van der Waals surface area contributed by atoms with Crippen LogP contribution < -0.4 is 9.47 Å². The van der Waals surface area contributed by atoms with Crippen LogP contribution in [0, 0.1) is 0 Å². The van der Waals surface area contributed by atoms with Crippen LogP contribution in [-0.4, -0.2) is 40.1 Å². The van der Waals surface area contributed by atoms with Gasteiger partial charge in [-0.05, 0) is 24.3 Å². The third-order valence-electron chi connectivity index (χ3n) is 5.83. The Labute approximate surface area is 233 Å². The molecule has 0 saturated heterocycles. The quantitative estimate of drug-likeness (QED) is 0.270. The van der Waals surface area contributed by atoms with Crippen molar-refractivity contribution < 1.29 is 20.7 Å². The Morgan fingerprint density at radius 1 is 0.800 bits per heavy atom. The molecule has 6 aromatic rings. The molecule has 40 heavy (non-hydrogen) atoms. The predicted molar refractivity (Wildman–Crippen MR) is 150 cm³/mol. The molecule has 0 atom stereocenters. The van der Waals surface area contributed by atoms with E-state index in [1.807, 2.05) is 45.5 Å². The van der Waals surface area contributed by atoms with E-state index in [9.17, 15) is 9.90 Å². The zero-order chi connectivity index (χ0) is 28.9. The molecule has 204 valence electrons. The molecule has 0 aliphatic rings. The standard InChI is InChI=1S/C14H13N3O2.C14H11N3O2.C2H6/c2*18-8-11-3-4-15-7-14(11)19-9-12-2-1-5-17-10-16-6-13(12)17;1-2/h1-7,10,18H,8-9H2;1-8,10H,9H2;1-2H3/i;;1D. The number of aldehydes is 1. The number of aliphatic hydroxyl groups is 1. The molecule has 0 bridgehead atoms. The van der Waals surface area contributed by atoms with E-state index in [1.54, 1.807) is 68.9 Å². The minimum Gasteiger partial charge on any atom is -0.487 e. The van der Waals surface area contributed by atoms with Crippen molar-refractivity contribution in [1.82, 2.24) is 28.7 Å². The number of hydrogen-bond donors (Lipinski definition) is 1. The first-order valence-corrected chi connectivity index (χ1v) is 12.4. The van der Waals surface area contributed by atoms with E-state index in [2.05, 4.69) is 19.9 Å². The second kappa shape index (κ2) is 14.2. The van der Waals surface area contributed by atoms with Gasteiger partial charge in [-0.1, -0.05) is 26.0 Å². The van der Waals surface area contributed by atoms with E-state index in [1.165, 1.54) is 0 Å². The largest absolute Gasteiger partial charge is 0.487 e. The fourth-order valence-corrected chi connectivity index (χ4v) is 3.85. The summed E-state index contributed by atoms with van der Waals surface area (Å²) in [5.41, 5.74) is 5.26. The van der Waals surface area contributed by atoms with Crippen molar-refractivity contribution in [2.24, 2.45) is 0 Å². The van der Waals surface area contributed by atoms with Crippen LogP contribution in [0.5, 0.6) is 11.5 Å². The molecule has 0 radical (unpaired) electrons. The van der Waals surface area contributed by atoms with Gasteiger partial charge >= 0.3 is 0 Å². The number of rotatable bonds is 8. The minimum absolute atomic E-state index is 0.0608. The summed E-state index contributed by atoms with van der Waals surface area (Å²) in [6, 6.07) is 11.2. The van der Waals surface area contributed by atoms with Crippen LogP contribution in [0.15, 0.2) is 98.6 Å². The molecule has 0 aromatic carbocycles. The van der Waals surface area contributed by atoms with Crippen molar-refractivity contribution in [3.63, 3.8) is 0 Å². The van der Waals surface area contributed by atoms with Crippen LogP contribution in [0.1, 0.15) is 42.2 Å². The molecule has 10 nitrogen and oxygen atoms in total. The molecule has 1 N–H and O–H groups in total. The van der Waals surface area contributed by atoms with Gasteiger partial charge < -0.3 is 23.4 Å². The summed E-state index contributed by atoms with van der Waals surface area (Å²) in [5.74, 6) is 1.09. The van der Waals surface area contributed by atoms with Gasteiger partial charge in [0, 0.05) is 42.8 Å². The number of aliphatic hydroxyl groups excluding tert-OH is 1. The number of carbonyl (C=O) groups is 1. The molecule has 0 saturated carbocycles. The van der Waals surface area contributed by atoms with E-state index in [0.717, 1.165) is 34.0 Å². The highest BCUT2D eigenvalue weighted by atomic mass is 16.5. The molecule has 0 amide bonds. The zero-order valence-corrected chi connectivity index (χ0v) is 22.0. The van der Waals surface area contributed by atoms with E-state index in [-0.39, 0.29) is 6.61 Å². The Balaban J connectivity index is 0.000000173. The second-order valence-corrected chi connectivity index (χ2v) is 8.19. The Hall–Kier alpha value is -5.09. The summed E-state index contributed by atoms with van der Waals surface area (Å²) in [4.78, 5) is 27.0. The lowest BCUT2D eigenvalue weighted by atomic mass is 10.2. The number of aromatic nitrogens is 6. The Morgan fingerprint density at radius 2 is 1.35 bits per heavy atom. The highest BCUT2D eigenvalue weighted by molar-refractivity contribution is 5.78. The van der Waals surface area contributed by atoms with Gasteiger partial charge in [-0.25, -0.2) is 9.97 Å². The number of carbonyl (C=O) groups excluding carboxylic acids is 1. The van der Waals surface area contributed by atoms with Crippen LogP contribution in [0.4, 0.5) is 0 Å². The lowest BCUT2D eigenvalue weighted by molar-refractivity contribution is 0.111. The summed E-state index contributed by atoms with van der Waals surface area (Å²) in [6.07, 6.45) is 18.0. The number of imidazole rings is 2. The van der Waals surface area contributed by atoms with Gasteiger partial charge in [0.15, 0.2) is 6.29 Å². The first kappa shape index (κ1) is 26.5. The smallest absolute Gasteiger partial charge is 0.153 e. The Morgan fingerprint density at radius 3 is 1.93 bits per heavy atom. The summed E-state index contributed by atoms with van der Waals surface area (Å²) >= 11 is 0. The van der Waals surface area contributed by atoms with Crippen molar-refractivity contribution in [2.45, 2.75) is 33.6 Å². The highest BCUT2D eigenvalue weighted by Crippen LogP contribution is 2.20. The molecule has 6 rings (SSSR count). The highest BCUT2D eigenvalue weighted by Gasteiger charge is 2.07. The monoisotopic (exact) mass is 539 g/mol. The summed E-state index contributed by atoms with van der Waals surface area (Å²) in [5, 5.41) is 9.23. The van der Waals surface area contributed by atoms with Crippen LogP contribution in [0.2, 0.25) is 0 Å². The van der Waals surface area contributed by atoms with Gasteiger partial charge in [-0.2, -0.15) is 0 Å². The molecule has 6 heterocycles. The molecule has 0 aliphatic heterocycles. The number of ether oxygens (including phenoxy) is 2. The second-order valence-electron chi connectivity index (χ2n) is 8.19. The molecule has 0 unspecified atom stereocenters. The SMILES string of the molecule is O=Cc1ccncc1OCc1cccn2cncc12.OCc1ccncc1OCc1cccn2cncc12.[2H]CC. The summed E-state index contributed by atoms with van der Waals surface area (Å²) in [6.45, 7) is 3.01. The molecular weight excluding hydrogens is 508 g/mol. The number of pyridine rings is 4. The van der Waals surface area contributed by atoms with Gasteiger partial charge in [0.25, 0.3) is 0 Å². The van der Waals surface area contributed by atoms with Gasteiger partial charge in [-0.15, -0.1) is 0 Å². The van der Waals surface area contributed by atoms with E-state index in [4.69, 9.17) is 10.8 Å². The minimum atomic E-state index is -0.0608. The van der Waals surface area contributed by atoms with Gasteiger partial charge in [0.1, 0.15) is 24.7 Å². The molecule has 0 aliphatic carbocycles. The van der Waals surface area contributed by atoms with Crippen LogP contribution in [0.3, 0.4) is 0 Å². The lowest BCUT2D eigenvalue weighted by Gasteiger charge is -2.10. The number of fused-ring (bicyclic) bond motifs is 2. The van der Waals surface area contributed by atoms with Gasteiger partial charge in [0.05, 0.1) is 60.6 Å². The topological polar surface area (TPSA) is 116 Å². The zero-order valence-electron chi connectivity index (χ0n) is 23.0. The maximum atomic E-state index is 10.9. The normalized spacial score (nSPS) is 10.6. The van der Waals surface area contributed by atoms with Crippen molar-refractivity contribution >= 4 is 17.3 Å². The van der Waals surface area contributed by atoms with Gasteiger partial charge in [-0.3, -0.25) is 14.8 Å². The average molecular weight is 540 g/mol. The Kier molecular flexibility index (Phi) is 9.39. The summed E-state index contributed by atoms with van der Waals surface area (Å²) < 4.78 is 21.5. The third-order valence-corrected chi connectivity index (χ3v) is 5.83. The van der Waals surface area contributed by atoms with E-state index in [0.29, 0.717) is 37.2 Å². The van der Waals surface area contributed by atoms with Crippen LogP contribution >= 0.6 is 0 Å². The van der Waals surface area contributed by atoms with Crippen LogP contribution in [0.25, 0.3) is 11.0 Å². The van der Waals surface area contributed by atoms with Crippen LogP contribution in [-0.2, 0) is 19.8 Å². The van der Waals surface area contributed by atoms with Crippen molar-refractivity contribution in [3.8, 4) is 11.5 Å². The first-order chi connectivity index (χ1) is 20.2. The maximum absolute atomic E-state index is 10.9. The fourth-order valence-electron chi connectivity index (χ4n) is 3.85. The summed E-state index contributed by atoms with van der Waals surface area (Å²) in [7, 11) is 0. The van der Waals surface area contributed by atoms with Crippen molar-refractivity contribution in [2.75, 3.05) is 0 Å². The molecule has 0 spiro atoms. The fraction of sp³-hybridized carbons (Fsp3) is 0.167. The molecule has 10 heteroatoms. The third kappa shape index (κ3) is 6.66. The number of hydrogen-bond acceptors (Lipinski definition) is 8. The molecular formula is C30H30N6O4. The average Bonchev–Trinajstić information content (AvgIpc) is 3.70. The van der Waals surface area contributed by atoms with Gasteiger partial charge in [0.2, 0.25) is 0 Å². The first-order valence-electron chi connectivity index (χ1n) is 13.2.